The second-order valence-corrected chi connectivity index (χ2v) is 4.56. The van der Waals surface area contributed by atoms with Gasteiger partial charge in [0.05, 0.1) is 7.11 Å². The molecule has 0 aliphatic heterocycles. The zero-order valence-electron chi connectivity index (χ0n) is 11.2. The highest BCUT2D eigenvalue weighted by Crippen LogP contribution is 2.24. The number of hydrogen-bond donors (Lipinski definition) is 2. The van der Waals surface area contributed by atoms with Crippen LogP contribution in [0.1, 0.15) is 11.1 Å². The third-order valence-electron chi connectivity index (χ3n) is 2.97. The molecule has 0 atom stereocenters. The summed E-state index contributed by atoms with van der Waals surface area (Å²) >= 11 is 0. The van der Waals surface area contributed by atoms with Gasteiger partial charge in [-0.05, 0) is 23.8 Å². The molecule has 20 heavy (non-hydrogen) atoms. The van der Waals surface area contributed by atoms with Crippen LogP contribution in [-0.4, -0.2) is 23.1 Å². The average Bonchev–Trinajstić information content (AvgIpc) is 2.40. The van der Waals surface area contributed by atoms with Crippen LogP contribution in [0, 0.1) is 0 Å². The van der Waals surface area contributed by atoms with Gasteiger partial charge in [0.1, 0.15) is 23.0 Å². The van der Waals surface area contributed by atoms with Gasteiger partial charge in [-0.25, -0.2) is 0 Å². The number of carbonyl (C=O) groups excluding carboxylic acids is 1. The van der Waals surface area contributed by atoms with Gasteiger partial charge in [0, 0.05) is 24.5 Å². The fraction of sp³-hybridized carbons (Fsp3) is 0.188. The van der Waals surface area contributed by atoms with E-state index in [1.54, 1.807) is 30.3 Å². The molecule has 4 heteroatoms. The van der Waals surface area contributed by atoms with Crippen molar-refractivity contribution in [2.24, 2.45) is 0 Å². The number of Topliss-reactive ketones (excluding diaryl/α,β-unsaturated/α-hetero) is 1. The van der Waals surface area contributed by atoms with E-state index in [4.69, 9.17) is 4.74 Å². The van der Waals surface area contributed by atoms with Crippen molar-refractivity contribution in [2.75, 3.05) is 7.11 Å². The van der Waals surface area contributed by atoms with E-state index in [1.807, 2.05) is 0 Å². The normalized spacial score (nSPS) is 10.2. The van der Waals surface area contributed by atoms with Crippen LogP contribution in [0.15, 0.2) is 42.5 Å². The molecule has 4 nitrogen and oxygen atoms in total. The molecule has 0 radical (unpaired) electrons. The van der Waals surface area contributed by atoms with E-state index < -0.39 is 0 Å². The Morgan fingerprint density at radius 2 is 1.80 bits per heavy atom. The molecule has 104 valence electrons. The largest absolute Gasteiger partial charge is 0.508 e. The first-order valence-electron chi connectivity index (χ1n) is 6.24. The first-order chi connectivity index (χ1) is 9.58. The van der Waals surface area contributed by atoms with E-state index in [1.165, 1.54) is 19.2 Å². The number of phenolic OH excluding ortho intramolecular Hbond substituents is 2. The van der Waals surface area contributed by atoms with Gasteiger partial charge in [0.2, 0.25) is 0 Å². The van der Waals surface area contributed by atoms with E-state index >= 15 is 0 Å². The quantitative estimate of drug-likeness (QED) is 0.877. The summed E-state index contributed by atoms with van der Waals surface area (Å²) in [4.78, 5) is 12.0. The zero-order chi connectivity index (χ0) is 14.5. The Bertz CT molecular complexity index is 620. The molecule has 0 spiro atoms. The molecule has 0 saturated heterocycles. The van der Waals surface area contributed by atoms with Gasteiger partial charge in [0.25, 0.3) is 0 Å². The Morgan fingerprint density at radius 3 is 2.50 bits per heavy atom. The number of methoxy groups -OCH3 is 1. The van der Waals surface area contributed by atoms with Crippen molar-refractivity contribution in [3.63, 3.8) is 0 Å². The van der Waals surface area contributed by atoms with E-state index in [9.17, 15) is 15.0 Å². The van der Waals surface area contributed by atoms with Crippen molar-refractivity contribution in [1.29, 1.82) is 0 Å². The lowest BCUT2D eigenvalue weighted by Crippen LogP contribution is -2.07. The van der Waals surface area contributed by atoms with Crippen LogP contribution in [0.2, 0.25) is 0 Å². The Hall–Kier alpha value is -2.49. The van der Waals surface area contributed by atoms with Crippen LogP contribution >= 0.6 is 0 Å². The molecule has 2 N–H and O–H groups in total. The highest BCUT2D eigenvalue weighted by atomic mass is 16.5. The summed E-state index contributed by atoms with van der Waals surface area (Å²) in [6.07, 6.45) is 0.470. The summed E-state index contributed by atoms with van der Waals surface area (Å²) in [5.41, 5.74) is 1.50. The maximum atomic E-state index is 12.0. The average molecular weight is 272 g/mol. The van der Waals surface area contributed by atoms with Crippen LogP contribution in [0.3, 0.4) is 0 Å². The molecule has 0 fully saturated rings. The third kappa shape index (κ3) is 3.51. The number of aromatic hydroxyl groups is 2. The standard InChI is InChI=1S/C16H16O4/c1-20-16-10-14(18)6-5-12(16)9-15(19)8-11-3-2-4-13(17)7-11/h2-7,10,17-18H,8-9H2,1H3. The second kappa shape index (κ2) is 6.10. The molecule has 0 aliphatic rings. The SMILES string of the molecule is COc1cc(O)ccc1CC(=O)Cc1cccc(O)c1. The van der Waals surface area contributed by atoms with Crippen molar-refractivity contribution < 1.29 is 19.7 Å². The van der Waals surface area contributed by atoms with Crippen LogP contribution in [0.4, 0.5) is 0 Å². The van der Waals surface area contributed by atoms with Crippen molar-refractivity contribution in [3.8, 4) is 17.2 Å². The minimum absolute atomic E-state index is 0.0135. The summed E-state index contributed by atoms with van der Waals surface area (Å²) < 4.78 is 5.14. The second-order valence-electron chi connectivity index (χ2n) is 4.56. The summed E-state index contributed by atoms with van der Waals surface area (Å²) in [7, 11) is 1.50. The lowest BCUT2D eigenvalue weighted by Gasteiger charge is -2.08. The van der Waals surface area contributed by atoms with Crippen LogP contribution in [-0.2, 0) is 17.6 Å². The third-order valence-corrected chi connectivity index (χ3v) is 2.97. The van der Waals surface area contributed by atoms with Gasteiger partial charge in [-0.1, -0.05) is 18.2 Å². The summed E-state index contributed by atoms with van der Waals surface area (Å²) in [6, 6.07) is 11.3. The molecular formula is C16H16O4. The van der Waals surface area contributed by atoms with Crippen molar-refractivity contribution in [2.45, 2.75) is 12.8 Å². The Labute approximate surface area is 117 Å². The molecular weight excluding hydrogens is 256 g/mol. The molecule has 0 saturated carbocycles. The number of ketones is 1. The number of phenols is 2. The fourth-order valence-electron chi connectivity index (χ4n) is 2.05. The molecule has 2 aromatic rings. The van der Waals surface area contributed by atoms with Gasteiger partial charge >= 0.3 is 0 Å². The Kier molecular flexibility index (Phi) is 4.25. The van der Waals surface area contributed by atoms with E-state index in [0.29, 0.717) is 5.75 Å². The van der Waals surface area contributed by atoms with Gasteiger partial charge in [0.15, 0.2) is 0 Å². The molecule has 0 heterocycles. The van der Waals surface area contributed by atoms with Crippen molar-refractivity contribution in [3.05, 3.63) is 53.6 Å². The fourth-order valence-corrected chi connectivity index (χ4v) is 2.05. The molecule has 0 aliphatic carbocycles. The summed E-state index contributed by atoms with van der Waals surface area (Å²) in [5.74, 6) is 0.761. The number of ether oxygens (including phenoxy) is 1. The Balaban J connectivity index is 2.08. The molecule has 0 bridgehead atoms. The topological polar surface area (TPSA) is 66.8 Å². The minimum Gasteiger partial charge on any atom is -0.508 e. The van der Waals surface area contributed by atoms with Gasteiger partial charge < -0.3 is 14.9 Å². The summed E-state index contributed by atoms with van der Waals surface area (Å²) in [6.45, 7) is 0. The van der Waals surface area contributed by atoms with E-state index in [-0.39, 0.29) is 30.1 Å². The predicted octanol–water partition coefficient (Wildman–Crippen LogP) is 2.46. The van der Waals surface area contributed by atoms with E-state index in [0.717, 1.165) is 11.1 Å². The van der Waals surface area contributed by atoms with Crippen molar-refractivity contribution >= 4 is 5.78 Å². The van der Waals surface area contributed by atoms with Crippen LogP contribution < -0.4 is 4.74 Å². The molecule has 0 aromatic heterocycles. The lowest BCUT2D eigenvalue weighted by atomic mass is 10.0. The molecule has 0 amide bonds. The number of hydrogen-bond acceptors (Lipinski definition) is 4. The van der Waals surface area contributed by atoms with Crippen LogP contribution in [0.25, 0.3) is 0 Å². The highest BCUT2D eigenvalue weighted by molar-refractivity contribution is 5.83. The first kappa shape index (κ1) is 13.9. The molecule has 2 aromatic carbocycles. The predicted molar refractivity (Wildman–Crippen MR) is 75.2 cm³/mol. The minimum atomic E-state index is 0.0135. The Morgan fingerprint density at radius 1 is 1.05 bits per heavy atom. The van der Waals surface area contributed by atoms with E-state index in [2.05, 4.69) is 0 Å². The molecule has 2 rings (SSSR count). The maximum Gasteiger partial charge on any atom is 0.141 e. The summed E-state index contributed by atoms with van der Waals surface area (Å²) in [5, 5.41) is 18.7. The number of benzene rings is 2. The smallest absolute Gasteiger partial charge is 0.141 e. The van der Waals surface area contributed by atoms with Crippen molar-refractivity contribution in [1.82, 2.24) is 0 Å². The first-order valence-corrected chi connectivity index (χ1v) is 6.24. The molecule has 0 unspecified atom stereocenters. The number of rotatable bonds is 5. The van der Waals surface area contributed by atoms with Crippen LogP contribution in [0.5, 0.6) is 17.2 Å². The number of carbonyl (C=O) groups is 1. The van der Waals surface area contributed by atoms with Gasteiger partial charge in [-0.2, -0.15) is 0 Å². The maximum absolute atomic E-state index is 12.0. The van der Waals surface area contributed by atoms with Gasteiger partial charge in [-0.3, -0.25) is 4.79 Å². The monoisotopic (exact) mass is 272 g/mol. The lowest BCUT2D eigenvalue weighted by molar-refractivity contribution is -0.117. The zero-order valence-corrected chi connectivity index (χ0v) is 11.2. The highest BCUT2D eigenvalue weighted by Gasteiger charge is 2.10. The van der Waals surface area contributed by atoms with Gasteiger partial charge in [-0.15, -0.1) is 0 Å².